The van der Waals surface area contributed by atoms with Crippen LogP contribution in [0.5, 0.6) is 11.5 Å². The first kappa shape index (κ1) is 40.0. The average molecular weight is 789 g/mol. The molecule has 1 aliphatic carbocycles. The van der Waals surface area contributed by atoms with E-state index in [0.29, 0.717) is 39.1 Å². The Morgan fingerprint density at radius 3 is 2.44 bits per heavy atom. The van der Waals surface area contributed by atoms with Gasteiger partial charge in [-0.2, -0.15) is 5.10 Å². The number of imide groups is 1. The third-order valence-electron chi connectivity index (χ3n) is 10.3. The van der Waals surface area contributed by atoms with Crippen molar-refractivity contribution in [3.63, 3.8) is 0 Å². The number of nitrogens with zero attached hydrogens (tertiary/aromatic N) is 5. The molecule has 1 unspecified atom stereocenters. The molecule has 57 heavy (non-hydrogen) atoms. The summed E-state index contributed by atoms with van der Waals surface area (Å²) in [6.45, 7) is 10.4. The number of anilines is 1. The standard InChI is InChI=1S/C40H49FN8O8/c1-26-24-49(35-23-34(42-25-43-35)37-30-21-28(57-40(2)9-10-40)4-6-32(30)46-47-37)12-11-48(26)13-14-53-15-16-54-17-18-55-19-20-56-27-3-5-29(31(41)22-27)38(51)44-33-7-8-36(50)45-39(33)52/h3-6,21-23,25-26,33H,7-20,24H2,1-2H3,(H,44,51)(H,46,47)(H,45,50,52)/t26-,33?/m0/s1. The van der Waals surface area contributed by atoms with Crippen molar-refractivity contribution in [1.82, 2.24) is 35.7 Å². The van der Waals surface area contributed by atoms with Gasteiger partial charge in [0.1, 0.15) is 53.4 Å². The molecule has 2 saturated heterocycles. The fourth-order valence-electron chi connectivity index (χ4n) is 6.78. The van der Waals surface area contributed by atoms with Gasteiger partial charge in [0.2, 0.25) is 11.8 Å². The highest BCUT2D eigenvalue weighted by Crippen LogP contribution is 2.40. The topological polar surface area (TPSA) is 182 Å². The van der Waals surface area contributed by atoms with E-state index in [9.17, 15) is 18.8 Å². The number of rotatable bonds is 19. The zero-order valence-electron chi connectivity index (χ0n) is 32.3. The Morgan fingerprint density at radius 2 is 1.70 bits per heavy atom. The van der Waals surface area contributed by atoms with Crippen molar-refractivity contribution in [2.75, 3.05) is 77.3 Å². The largest absolute Gasteiger partial charge is 0.491 e. The van der Waals surface area contributed by atoms with Crippen molar-refractivity contribution in [3.8, 4) is 22.9 Å². The Balaban J connectivity index is 0.732. The molecule has 0 bridgehead atoms. The van der Waals surface area contributed by atoms with Gasteiger partial charge in [0.05, 0.1) is 56.4 Å². The zero-order valence-corrected chi connectivity index (χ0v) is 32.3. The minimum Gasteiger partial charge on any atom is -0.491 e. The first-order valence-corrected chi connectivity index (χ1v) is 19.4. The molecule has 2 aromatic heterocycles. The van der Waals surface area contributed by atoms with E-state index < -0.39 is 29.6 Å². The van der Waals surface area contributed by atoms with Crippen LogP contribution in [0.2, 0.25) is 0 Å². The van der Waals surface area contributed by atoms with E-state index in [-0.39, 0.29) is 43.0 Å². The number of aromatic amines is 1. The summed E-state index contributed by atoms with van der Waals surface area (Å²) >= 11 is 0. The Labute approximate surface area is 329 Å². The molecular weight excluding hydrogens is 739 g/mol. The Kier molecular flexibility index (Phi) is 12.9. The molecule has 304 valence electrons. The van der Waals surface area contributed by atoms with E-state index in [2.05, 4.69) is 54.4 Å². The maximum Gasteiger partial charge on any atom is 0.254 e. The monoisotopic (exact) mass is 788 g/mol. The van der Waals surface area contributed by atoms with Crippen LogP contribution in [0.1, 0.15) is 49.9 Å². The number of amides is 3. The molecule has 4 aromatic rings. The first-order chi connectivity index (χ1) is 27.6. The number of hydrogen-bond donors (Lipinski definition) is 3. The maximum atomic E-state index is 14.6. The molecule has 0 spiro atoms. The molecule has 4 heterocycles. The van der Waals surface area contributed by atoms with Crippen LogP contribution in [0.3, 0.4) is 0 Å². The normalized spacial score (nSPS) is 19.4. The minimum atomic E-state index is -0.892. The van der Waals surface area contributed by atoms with E-state index >= 15 is 0 Å². The van der Waals surface area contributed by atoms with Crippen LogP contribution in [-0.4, -0.2) is 133 Å². The van der Waals surface area contributed by atoms with E-state index in [4.69, 9.17) is 23.7 Å². The van der Waals surface area contributed by atoms with Gasteiger partial charge in [-0.25, -0.2) is 14.4 Å². The quantitative estimate of drug-likeness (QED) is 0.0932. The summed E-state index contributed by atoms with van der Waals surface area (Å²) in [5.41, 5.74) is 2.20. The number of halogens is 1. The molecule has 2 atom stereocenters. The molecule has 3 aliphatic rings. The molecule has 1 saturated carbocycles. The highest BCUT2D eigenvalue weighted by Gasteiger charge is 2.40. The SMILES string of the molecule is C[C@H]1CN(c2cc(-c3n[nH]c4ccc(OC5(C)CC5)cc34)ncn2)CCN1CCOCCOCCOCCOc1ccc(C(=O)NC2CCC(=O)NC2=O)c(F)c1. The number of H-pyrrole nitrogens is 1. The molecular formula is C40H49FN8O8. The van der Waals surface area contributed by atoms with Crippen molar-refractivity contribution in [3.05, 3.63) is 60.2 Å². The lowest BCUT2D eigenvalue weighted by atomic mass is 10.1. The summed E-state index contributed by atoms with van der Waals surface area (Å²) in [6, 6.07) is 11.3. The molecule has 0 radical (unpaired) electrons. The maximum absolute atomic E-state index is 14.6. The molecule has 7 rings (SSSR count). The summed E-state index contributed by atoms with van der Waals surface area (Å²) < 4.78 is 43.3. The average Bonchev–Trinajstić information content (AvgIpc) is 3.77. The number of nitrogens with one attached hydrogen (secondary N) is 3. The number of aromatic nitrogens is 4. The number of piperazine rings is 1. The zero-order chi connectivity index (χ0) is 39.8. The lowest BCUT2D eigenvalue weighted by molar-refractivity contribution is -0.134. The van der Waals surface area contributed by atoms with Crippen LogP contribution >= 0.6 is 0 Å². The highest BCUT2D eigenvalue weighted by atomic mass is 19.1. The van der Waals surface area contributed by atoms with Gasteiger partial charge in [0.15, 0.2) is 0 Å². The lowest BCUT2D eigenvalue weighted by Crippen LogP contribution is -2.53. The molecule has 3 amide bonds. The predicted molar refractivity (Wildman–Crippen MR) is 207 cm³/mol. The van der Waals surface area contributed by atoms with Crippen LogP contribution in [0.15, 0.2) is 48.8 Å². The summed E-state index contributed by atoms with van der Waals surface area (Å²) in [6.07, 6.45) is 4.02. The highest BCUT2D eigenvalue weighted by molar-refractivity contribution is 6.03. The van der Waals surface area contributed by atoms with Crippen molar-refractivity contribution < 1.29 is 42.5 Å². The number of hydrogen-bond acceptors (Lipinski definition) is 13. The number of fused-ring (bicyclic) bond motifs is 1. The van der Waals surface area contributed by atoms with Crippen molar-refractivity contribution in [2.45, 2.75) is 57.2 Å². The van der Waals surface area contributed by atoms with Gasteiger partial charge in [-0.05, 0) is 63.4 Å². The van der Waals surface area contributed by atoms with Gasteiger partial charge >= 0.3 is 0 Å². The lowest BCUT2D eigenvalue weighted by Gasteiger charge is -2.40. The van der Waals surface area contributed by atoms with Gasteiger partial charge in [0.25, 0.3) is 5.91 Å². The van der Waals surface area contributed by atoms with Crippen molar-refractivity contribution in [1.29, 1.82) is 0 Å². The first-order valence-electron chi connectivity index (χ1n) is 19.4. The molecule has 3 fully saturated rings. The Morgan fingerprint density at radius 1 is 0.947 bits per heavy atom. The van der Waals surface area contributed by atoms with E-state index in [0.717, 1.165) is 78.9 Å². The predicted octanol–water partition coefficient (Wildman–Crippen LogP) is 3.26. The van der Waals surface area contributed by atoms with E-state index in [1.165, 1.54) is 12.1 Å². The van der Waals surface area contributed by atoms with Gasteiger partial charge in [-0.3, -0.25) is 29.7 Å². The van der Waals surface area contributed by atoms with Gasteiger partial charge in [-0.15, -0.1) is 0 Å². The van der Waals surface area contributed by atoms with Gasteiger partial charge < -0.3 is 33.9 Å². The molecule has 2 aliphatic heterocycles. The molecule has 2 aromatic carbocycles. The van der Waals surface area contributed by atoms with Crippen LogP contribution < -0.4 is 25.0 Å². The minimum absolute atomic E-state index is 0.0599. The molecule has 3 N–H and O–H groups in total. The summed E-state index contributed by atoms with van der Waals surface area (Å²) in [4.78, 5) is 49.5. The number of ether oxygens (including phenoxy) is 5. The van der Waals surface area contributed by atoms with Crippen molar-refractivity contribution in [2.24, 2.45) is 0 Å². The smallest absolute Gasteiger partial charge is 0.254 e. The van der Waals surface area contributed by atoms with Crippen LogP contribution in [0, 0.1) is 5.82 Å². The molecule has 17 heteroatoms. The Bertz CT molecular complexity index is 2040. The van der Waals surface area contributed by atoms with Gasteiger partial charge in [0, 0.05) is 56.2 Å². The van der Waals surface area contributed by atoms with Crippen LogP contribution in [0.25, 0.3) is 22.3 Å². The number of benzene rings is 2. The van der Waals surface area contributed by atoms with Crippen molar-refractivity contribution >= 4 is 34.4 Å². The fourth-order valence-corrected chi connectivity index (χ4v) is 6.78. The Hall–Kier alpha value is -5.23. The fraction of sp³-hybridized carbons (Fsp3) is 0.500. The van der Waals surface area contributed by atoms with E-state index in [1.807, 2.05) is 24.3 Å². The third-order valence-corrected chi connectivity index (χ3v) is 10.3. The second kappa shape index (κ2) is 18.4. The molecule has 16 nitrogen and oxygen atoms in total. The van der Waals surface area contributed by atoms with Crippen LogP contribution in [0.4, 0.5) is 10.2 Å². The number of carbonyl (C=O) groups is 3. The third kappa shape index (κ3) is 10.6. The van der Waals surface area contributed by atoms with Gasteiger partial charge in [-0.1, -0.05) is 0 Å². The summed E-state index contributed by atoms with van der Waals surface area (Å²) in [5.74, 6) is -0.582. The van der Waals surface area contributed by atoms with E-state index in [1.54, 1.807) is 6.33 Å². The number of carbonyl (C=O) groups excluding carboxylic acids is 3. The summed E-state index contributed by atoms with van der Waals surface area (Å²) in [5, 5.41) is 13.3. The number of piperidine rings is 1. The van der Waals surface area contributed by atoms with Crippen LogP contribution in [-0.2, 0) is 23.8 Å². The summed E-state index contributed by atoms with van der Waals surface area (Å²) in [7, 11) is 0. The second-order valence-corrected chi connectivity index (χ2v) is 14.7. The second-order valence-electron chi connectivity index (χ2n) is 14.7.